The fourth-order valence-electron chi connectivity index (χ4n) is 15.6. The summed E-state index contributed by atoms with van der Waals surface area (Å²) in [5.74, 6) is -6.84. The van der Waals surface area contributed by atoms with E-state index in [2.05, 4.69) is 57.6 Å². The zero-order valence-electron chi connectivity index (χ0n) is 69.0. The number of carboxylic acid groups (broad SMARTS) is 1. The van der Waals surface area contributed by atoms with Crippen LogP contribution in [0.25, 0.3) is 21.5 Å². The molecule has 3 saturated heterocycles. The molecule has 1 aliphatic carbocycles. The van der Waals surface area contributed by atoms with Crippen LogP contribution < -0.4 is 56.7 Å². The number of aliphatic carboxylic acids is 1. The lowest BCUT2D eigenvalue weighted by Gasteiger charge is -2.36. The van der Waals surface area contributed by atoms with Gasteiger partial charge in [0.05, 0.1) is 41.8 Å². The van der Waals surface area contributed by atoms with E-state index >= 15 is 24.0 Å². The molecule has 7 aromatic rings. The molecule has 12 unspecified atom stereocenters. The Balaban J connectivity index is 0.869. The van der Waals surface area contributed by atoms with Crippen molar-refractivity contribution in [3.8, 4) is 11.5 Å². The van der Waals surface area contributed by atoms with Crippen LogP contribution in [0.4, 0.5) is 0 Å². The molecule has 15 rings (SSSR count). The number of ether oxygens (including phenoxy) is 4. The van der Waals surface area contributed by atoms with Crippen LogP contribution in [0.2, 0.25) is 0 Å². The first-order valence-corrected chi connectivity index (χ1v) is 42.7. The van der Waals surface area contributed by atoms with Crippen molar-refractivity contribution in [1.82, 2.24) is 72.1 Å². The summed E-state index contributed by atoms with van der Waals surface area (Å²) in [4.78, 5) is 150. The maximum absolute atomic E-state index is 15.5. The molecule has 12 atom stereocenters. The molecule has 10 N–H and O–H groups in total. The number of rotatable bonds is 19. The molecule has 10 bridgehead atoms. The molecule has 7 aliphatic heterocycles. The van der Waals surface area contributed by atoms with Gasteiger partial charge in [-0.05, 0) is 165 Å². The minimum Gasteiger partial charge on any atom is -0.490 e. The van der Waals surface area contributed by atoms with Crippen LogP contribution in [0, 0.1) is 11.3 Å². The number of aromatic nitrogens is 3. The number of carbonyl (C=O) groups excluding carboxylic acids is 9. The highest BCUT2D eigenvalue weighted by Gasteiger charge is 2.52. The Labute approximate surface area is 698 Å². The molecule has 120 heavy (non-hydrogen) atoms. The zero-order chi connectivity index (χ0) is 85.6. The van der Waals surface area contributed by atoms with Gasteiger partial charge in [-0.2, -0.15) is 0 Å². The Hall–Kier alpha value is -11.2. The van der Waals surface area contributed by atoms with Gasteiger partial charge in [0, 0.05) is 58.4 Å². The topological polar surface area (TPSA) is 407 Å². The second kappa shape index (κ2) is 39.3. The number of amides is 9. The van der Waals surface area contributed by atoms with E-state index in [1.165, 1.54) is 14.5 Å². The lowest BCUT2D eigenvalue weighted by atomic mass is 9.85. The van der Waals surface area contributed by atoms with Crippen molar-refractivity contribution in [3.63, 3.8) is 0 Å². The fraction of sp³-hybridized carbons (Fsp3) is 0.477. The van der Waals surface area contributed by atoms with Crippen LogP contribution in [-0.2, 0) is 105 Å². The van der Waals surface area contributed by atoms with Crippen molar-refractivity contribution in [1.29, 1.82) is 0 Å². The number of nitrogens with one attached hydrogen (secondary N) is 9. The normalized spacial score (nSPS) is 23.2. The molecule has 4 fully saturated rings. The Morgan fingerprint density at radius 3 is 1.83 bits per heavy atom. The zero-order valence-corrected chi connectivity index (χ0v) is 69.8. The first-order chi connectivity index (χ1) is 57.4. The van der Waals surface area contributed by atoms with Crippen LogP contribution >= 0.6 is 0 Å². The number of hydrogen-bond acceptors (Lipinski definition) is 20. The number of carbonyl (C=O) groups is 10. The van der Waals surface area contributed by atoms with E-state index < -0.39 is 152 Å². The van der Waals surface area contributed by atoms with E-state index in [4.69, 9.17) is 18.9 Å². The lowest BCUT2D eigenvalue weighted by Crippen LogP contribution is -2.60. The summed E-state index contributed by atoms with van der Waals surface area (Å²) in [6, 6.07) is 27.7. The van der Waals surface area contributed by atoms with Crippen molar-refractivity contribution >= 4 is 90.7 Å². The number of likely N-dealkylation sites (N-methyl/N-ethyl adjacent to an activating group) is 2. The lowest BCUT2D eigenvalue weighted by molar-refractivity contribution is -0.145. The average molecular weight is 1670 g/mol. The van der Waals surface area contributed by atoms with Gasteiger partial charge in [0.2, 0.25) is 57.3 Å². The van der Waals surface area contributed by atoms with Gasteiger partial charge in [-0.25, -0.2) is 17.9 Å². The van der Waals surface area contributed by atoms with Crippen LogP contribution in [0.5, 0.6) is 11.5 Å². The molecule has 1 saturated carbocycles. The monoisotopic (exact) mass is 1670 g/mol. The van der Waals surface area contributed by atoms with Gasteiger partial charge in [0.25, 0.3) is 5.91 Å². The Bertz CT molecular complexity index is 5010. The number of hydrogen-bond donors (Lipinski definition) is 10. The number of benzene rings is 6. The highest BCUT2D eigenvalue weighted by atomic mass is 32.2. The SMILES string of the molecule is CNC(C)C(=O)NC(CC1CCOCC1)C(=O)N1CC2CC1C(=O)NC(Cc1ccc3ccccc3c1)C(=O)NC(C(=O)NS(=O)(=O)C1CC1)Cc1ccc(cc1)OCc1cn(nn1)C1(C)CC(C(=O)NC(CCc3ccc4ccccc4c3)C(=O)NC(C(=O)O)Cc3ccc(cc3)OCC=CCO2)N(C(=O)C(NC(=O)C(C)NC)C(C)(C)C)C1. The largest absolute Gasteiger partial charge is 0.490 e. The van der Waals surface area contributed by atoms with Gasteiger partial charge in [0.1, 0.15) is 78.7 Å². The van der Waals surface area contributed by atoms with Gasteiger partial charge >= 0.3 is 5.97 Å². The second-order valence-electron chi connectivity index (χ2n) is 33.4. The molecule has 31 nitrogen and oxygen atoms in total. The minimum atomic E-state index is -4.19. The van der Waals surface area contributed by atoms with Crippen molar-refractivity contribution in [2.75, 3.05) is 53.6 Å². The van der Waals surface area contributed by atoms with Gasteiger partial charge in [-0.15, -0.1) is 5.10 Å². The van der Waals surface area contributed by atoms with E-state index in [1.54, 1.807) is 123 Å². The van der Waals surface area contributed by atoms with E-state index in [0.29, 0.717) is 72.8 Å². The quantitative estimate of drug-likeness (QED) is 0.0488. The first-order valence-electron chi connectivity index (χ1n) is 41.1. The third-order valence-electron chi connectivity index (χ3n) is 23.2. The van der Waals surface area contributed by atoms with E-state index in [1.807, 2.05) is 84.9 Å². The standard InChI is InChI=1S/C88H110N14O17S/c1-53(89-7)77(103)94-72(44-58-35-39-116-40-36-58)84(110)100-50-67-47-74(100)82(108)93-70(46-59-20-27-61-16-10-12-18-63(61)42-59)80(106)92-71(81(107)98-120(114,115)68-32-33-68)43-56-23-30-66(31-24-56)119-51-64-49-102(99-97-64)88(6)48-75(101(52-88)85(111)76(87(3,4)5)96-78(104)54(2)90-8)83(109)91-69(34-25-55-19-26-60-15-9-11-17-62(60)41-55)79(105)95-73(86(112)113)45-57-21-28-65(29-22-57)117-37-13-14-38-118-67/h9-24,26-31,41-42,49,53-54,58,67-76,89-90H,25,32-40,43-48,50-52H2,1-8H3,(H,91,109)(H,92,106)(H,93,108)(H,94,103)(H,95,105)(H,96,104)(H,98,107)(H,112,113). The summed E-state index contributed by atoms with van der Waals surface area (Å²) in [5, 5.41) is 45.7. The van der Waals surface area contributed by atoms with E-state index in [0.717, 1.165) is 27.1 Å². The van der Waals surface area contributed by atoms with Crippen LogP contribution in [0.1, 0.15) is 121 Å². The van der Waals surface area contributed by atoms with Gasteiger partial charge in [-0.1, -0.05) is 141 Å². The number of likely N-dealkylation sites (tertiary alicyclic amines) is 2. The smallest absolute Gasteiger partial charge is 0.326 e. The molecule has 0 spiro atoms. The summed E-state index contributed by atoms with van der Waals surface area (Å²) in [7, 11) is -0.954. The predicted octanol–water partition coefficient (Wildman–Crippen LogP) is 4.76. The van der Waals surface area contributed by atoms with Gasteiger partial charge < -0.3 is 76.4 Å². The van der Waals surface area contributed by atoms with Crippen LogP contribution in [0.15, 0.2) is 152 Å². The summed E-state index contributed by atoms with van der Waals surface area (Å²) in [5.41, 5.74) is 0.635. The van der Waals surface area contributed by atoms with Crippen LogP contribution in [0.3, 0.4) is 0 Å². The highest BCUT2D eigenvalue weighted by Crippen LogP contribution is 2.37. The molecule has 9 amide bonds. The number of sulfonamides is 1. The molecule has 32 heteroatoms. The third-order valence-corrected chi connectivity index (χ3v) is 25.0. The molecule has 8 aliphatic rings. The molecule has 0 radical (unpaired) electrons. The van der Waals surface area contributed by atoms with Gasteiger partial charge in [0.15, 0.2) is 0 Å². The molecule has 8 heterocycles. The summed E-state index contributed by atoms with van der Waals surface area (Å²) >= 11 is 0. The Kier molecular flexibility index (Phi) is 28.9. The molecular formula is C88H110N14O17S. The average Bonchev–Trinajstić information content (AvgIpc) is 1.60. The fourth-order valence-corrected chi connectivity index (χ4v) is 17.0. The number of nitrogens with zero attached hydrogens (tertiary/aromatic N) is 5. The summed E-state index contributed by atoms with van der Waals surface area (Å²) in [6.45, 7) is 11.0. The number of aryl methyl sites for hydroxylation is 1. The molecule has 1 aromatic heterocycles. The third kappa shape index (κ3) is 22.8. The van der Waals surface area contributed by atoms with E-state index in [-0.39, 0.29) is 90.2 Å². The van der Waals surface area contributed by atoms with Crippen molar-refractivity contribution in [3.05, 3.63) is 180 Å². The number of fused-ring (bicyclic) bond motifs is 2. The summed E-state index contributed by atoms with van der Waals surface area (Å²) < 4.78 is 55.4. The molecular weight excluding hydrogens is 1560 g/mol. The Morgan fingerprint density at radius 2 is 1.21 bits per heavy atom. The predicted molar refractivity (Wildman–Crippen MR) is 447 cm³/mol. The van der Waals surface area contributed by atoms with E-state index in [9.17, 15) is 37.5 Å². The maximum atomic E-state index is 15.5. The molecule has 6 aromatic carbocycles. The summed E-state index contributed by atoms with van der Waals surface area (Å²) in [6.07, 6.45) is 5.96. The van der Waals surface area contributed by atoms with Crippen molar-refractivity contribution < 1.29 is 80.4 Å². The highest BCUT2D eigenvalue weighted by molar-refractivity contribution is 7.91. The molecule has 640 valence electrons. The number of carboxylic acids is 1. The first kappa shape index (κ1) is 88.1. The second-order valence-corrected chi connectivity index (χ2v) is 35.3. The Morgan fingerprint density at radius 1 is 0.642 bits per heavy atom. The van der Waals surface area contributed by atoms with Crippen molar-refractivity contribution in [2.24, 2.45) is 11.3 Å². The maximum Gasteiger partial charge on any atom is 0.326 e. The minimum absolute atomic E-state index is 0.00237. The van der Waals surface area contributed by atoms with Gasteiger partial charge in [-0.3, -0.25) is 47.9 Å². The van der Waals surface area contributed by atoms with Crippen LogP contribution in [-0.4, -0.2) is 223 Å². The van der Waals surface area contributed by atoms with Crippen molar-refractivity contribution in [2.45, 2.75) is 203 Å².